The van der Waals surface area contributed by atoms with Gasteiger partial charge in [-0.25, -0.2) is 15.0 Å². The first-order valence-corrected chi connectivity index (χ1v) is 12.2. The highest BCUT2D eigenvalue weighted by molar-refractivity contribution is 6.02. The fourth-order valence-electron chi connectivity index (χ4n) is 3.88. The number of rotatable bonds is 7. The maximum atomic E-state index is 12.8. The molecule has 5 aromatic rings. The third kappa shape index (κ3) is 6.03. The number of esters is 2. The molecular formula is C32H22N2O6. The molecule has 196 valence electrons. The normalized spacial score (nSPS) is 10.8. The van der Waals surface area contributed by atoms with E-state index in [-0.39, 0.29) is 22.8 Å². The SMILES string of the molecule is O=C(Oc1ccc(C=NNC(=O)c2cc3ccccc3cc2O)c(OC(=O)c2ccccc2)c1)c1ccccc1. The van der Waals surface area contributed by atoms with Crippen molar-refractivity contribution in [3.8, 4) is 17.2 Å². The minimum Gasteiger partial charge on any atom is -0.507 e. The first kappa shape index (κ1) is 25.9. The van der Waals surface area contributed by atoms with Crippen molar-refractivity contribution in [2.45, 2.75) is 0 Å². The van der Waals surface area contributed by atoms with Crippen LogP contribution in [0.3, 0.4) is 0 Å². The van der Waals surface area contributed by atoms with Crippen molar-refractivity contribution in [3.63, 3.8) is 0 Å². The molecule has 8 nitrogen and oxygen atoms in total. The summed E-state index contributed by atoms with van der Waals surface area (Å²) < 4.78 is 11.1. The molecule has 0 aliphatic heterocycles. The molecule has 0 aromatic heterocycles. The van der Waals surface area contributed by atoms with E-state index < -0.39 is 17.8 Å². The van der Waals surface area contributed by atoms with Gasteiger partial charge in [0, 0.05) is 11.6 Å². The van der Waals surface area contributed by atoms with Gasteiger partial charge < -0.3 is 14.6 Å². The Kier molecular flexibility index (Phi) is 7.60. The molecule has 0 spiro atoms. The van der Waals surface area contributed by atoms with Crippen LogP contribution in [0.15, 0.2) is 120 Å². The number of ether oxygens (including phenoxy) is 2. The average Bonchev–Trinajstić information content (AvgIpc) is 2.98. The van der Waals surface area contributed by atoms with Crippen molar-refractivity contribution in [2.24, 2.45) is 5.10 Å². The van der Waals surface area contributed by atoms with Crippen LogP contribution in [-0.4, -0.2) is 29.2 Å². The van der Waals surface area contributed by atoms with Gasteiger partial charge in [0.05, 0.1) is 22.9 Å². The molecule has 0 aliphatic carbocycles. The first-order chi connectivity index (χ1) is 19.5. The Morgan fingerprint density at radius 2 is 1.25 bits per heavy atom. The second-order valence-corrected chi connectivity index (χ2v) is 8.63. The van der Waals surface area contributed by atoms with Gasteiger partial charge in [0.15, 0.2) is 0 Å². The highest BCUT2D eigenvalue weighted by atomic mass is 16.5. The van der Waals surface area contributed by atoms with Crippen LogP contribution in [0.4, 0.5) is 0 Å². The lowest BCUT2D eigenvalue weighted by Gasteiger charge is -2.11. The van der Waals surface area contributed by atoms with E-state index in [0.717, 1.165) is 10.8 Å². The molecule has 0 saturated carbocycles. The summed E-state index contributed by atoms with van der Waals surface area (Å²) in [6.45, 7) is 0. The van der Waals surface area contributed by atoms with E-state index in [1.807, 2.05) is 24.3 Å². The summed E-state index contributed by atoms with van der Waals surface area (Å²) in [5.41, 5.74) is 3.43. The van der Waals surface area contributed by atoms with Gasteiger partial charge in [-0.2, -0.15) is 5.10 Å². The summed E-state index contributed by atoms with van der Waals surface area (Å²) in [7, 11) is 0. The number of phenolic OH excluding ortho intramolecular Hbond substituents is 1. The summed E-state index contributed by atoms with van der Waals surface area (Å²) >= 11 is 0. The van der Waals surface area contributed by atoms with Crippen LogP contribution in [0.2, 0.25) is 0 Å². The summed E-state index contributed by atoms with van der Waals surface area (Å²) in [5, 5.41) is 15.9. The number of phenols is 1. The largest absolute Gasteiger partial charge is 0.507 e. The van der Waals surface area contributed by atoms with E-state index in [0.29, 0.717) is 16.7 Å². The Morgan fingerprint density at radius 1 is 0.675 bits per heavy atom. The van der Waals surface area contributed by atoms with Gasteiger partial charge in [0.2, 0.25) is 0 Å². The third-order valence-electron chi connectivity index (χ3n) is 5.90. The Balaban J connectivity index is 1.38. The van der Waals surface area contributed by atoms with Crippen LogP contribution in [0.25, 0.3) is 10.8 Å². The van der Waals surface area contributed by atoms with Gasteiger partial charge in [0.1, 0.15) is 17.2 Å². The topological polar surface area (TPSA) is 114 Å². The number of fused-ring (bicyclic) bond motifs is 1. The second-order valence-electron chi connectivity index (χ2n) is 8.63. The lowest BCUT2D eigenvalue weighted by Crippen LogP contribution is -2.18. The van der Waals surface area contributed by atoms with Gasteiger partial charge in [-0.05, 0) is 59.3 Å². The van der Waals surface area contributed by atoms with Crippen molar-refractivity contribution in [3.05, 3.63) is 138 Å². The number of amides is 1. The van der Waals surface area contributed by atoms with Crippen molar-refractivity contribution in [2.75, 3.05) is 0 Å². The van der Waals surface area contributed by atoms with Crippen LogP contribution >= 0.6 is 0 Å². The van der Waals surface area contributed by atoms with Crippen molar-refractivity contribution < 1.29 is 29.0 Å². The monoisotopic (exact) mass is 530 g/mol. The highest BCUT2D eigenvalue weighted by Gasteiger charge is 2.16. The van der Waals surface area contributed by atoms with Gasteiger partial charge in [-0.3, -0.25) is 4.79 Å². The number of carbonyl (C=O) groups is 3. The van der Waals surface area contributed by atoms with Crippen LogP contribution in [0, 0.1) is 0 Å². The number of benzene rings is 5. The summed E-state index contributed by atoms with van der Waals surface area (Å²) in [4.78, 5) is 38.0. The molecule has 0 atom stereocenters. The Bertz CT molecular complexity index is 1730. The number of nitrogens with zero attached hydrogens (tertiary/aromatic N) is 1. The van der Waals surface area contributed by atoms with Crippen LogP contribution in [-0.2, 0) is 0 Å². The Morgan fingerprint density at radius 3 is 1.90 bits per heavy atom. The quantitative estimate of drug-likeness (QED) is 0.120. The predicted octanol–water partition coefficient (Wildman–Crippen LogP) is 5.75. The molecule has 0 radical (unpaired) electrons. The van der Waals surface area contributed by atoms with E-state index in [4.69, 9.17) is 9.47 Å². The molecule has 8 heteroatoms. The van der Waals surface area contributed by atoms with E-state index in [1.54, 1.807) is 66.7 Å². The molecule has 0 fully saturated rings. The number of hydrazone groups is 1. The molecule has 0 heterocycles. The Hall–Kier alpha value is -5.76. The van der Waals surface area contributed by atoms with Crippen LogP contribution < -0.4 is 14.9 Å². The average molecular weight is 531 g/mol. The van der Waals surface area contributed by atoms with Gasteiger partial charge in [0.25, 0.3) is 5.91 Å². The van der Waals surface area contributed by atoms with Gasteiger partial charge in [-0.1, -0.05) is 60.7 Å². The van der Waals surface area contributed by atoms with E-state index in [9.17, 15) is 19.5 Å². The fourth-order valence-corrected chi connectivity index (χ4v) is 3.88. The molecule has 5 aromatic carbocycles. The van der Waals surface area contributed by atoms with Crippen molar-refractivity contribution in [1.29, 1.82) is 0 Å². The molecule has 40 heavy (non-hydrogen) atoms. The number of nitrogens with one attached hydrogen (secondary N) is 1. The minimum absolute atomic E-state index is 0.0507. The smallest absolute Gasteiger partial charge is 0.343 e. The maximum absolute atomic E-state index is 12.8. The first-order valence-electron chi connectivity index (χ1n) is 12.2. The number of aromatic hydroxyl groups is 1. The van der Waals surface area contributed by atoms with Gasteiger partial charge >= 0.3 is 11.9 Å². The molecule has 0 saturated heterocycles. The highest BCUT2D eigenvalue weighted by Crippen LogP contribution is 2.27. The summed E-state index contributed by atoms with van der Waals surface area (Å²) in [5.74, 6) is -1.83. The molecule has 0 aliphatic rings. The van der Waals surface area contributed by atoms with Crippen molar-refractivity contribution >= 4 is 34.8 Å². The lowest BCUT2D eigenvalue weighted by molar-refractivity contribution is 0.0731. The molecule has 1 amide bonds. The standard InChI is InChI=1S/C32H22N2O6/c35-28-18-24-14-8-7-13-23(24)17-27(28)30(36)34-33-20-25-15-16-26(39-31(37)21-9-3-1-4-10-21)19-29(25)40-32(38)22-11-5-2-6-12-22/h1-20,35H,(H,34,36). The molecule has 5 rings (SSSR count). The van der Waals surface area contributed by atoms with Crippen LogP contribution in [0.1, 0.15) is 36.6 Å². The summed E-state index contributed by atoms with van der Waals surface area (Å²) in [6.07, 6.45) is 1.28. The zero-order valence-corrected chi connectivity index (χ0v) is 21.0. The van der Waals surface area contributed by atoms with E-state index >= 15 is 0 Å². The molecular weight excluding hydrogens is 508 g/mol. The second kappa shape index (κ2) is 11.7. The summed E-state index contributed by atoms with van der Waals surface area (Å²) in [6, 6.07) is 31.7. The predicted molar refractivity (Wildman–Crippen MR) is 150 cm³/mol. The lowest BCUT2D eigenvalue weighted by atomic mass is 10.1. The van der Waals surface area contributed by atoms with E-state index in [1.165, 1.54) is 30.5 Å². The molecule has 0 bridgehead atoms. The molecule has 0 unspecified atom stereocenters. The van der Waals surface area contributed by atoms with E-state index in [2.05, 4.69) is 10.5 Å². The zero-order chi connectivity index (χ0) is 27.9. The third-order valence-corrected chi connectivity index (χ3v) is 5.90. The van der Waals surface area contributed by atoms with Crippen molar-refractivity contribution in [1.82, 2.24) is 5.43 Å². The zero-order valence-electron chi connectivity index (χ0n) is 21.0. The molecule has 2 N–H and O–H groups in total. The fraction of sp³-hybridized carbons (Fsp3) is 0. The number of carbonyl (C=O) groups excluding carboxylic acids is 3. The van der Waals surface area contributed by atoms with Crippen LogP contribution in [0.5, 0.6) is 17.2 Å². The maximum Gasteiger partial charge on any atom is 0.343 e. The van der Waals surface area contributed by atoms with Gasteiger partial charge in [-0.15, -0.1) is 0 Å². The number of hydrogen-bond donors (Lipinski definition) is 2. The minimum atomic E-state index is -0.632. The Labute approximate surface area is 229 Å². The number of hydrogen-bond acceptors (Lipinski definition) is 7.